The molecule has 0 unspecified atom stereocenters. The fraction of sp³-hybridized carbons (Fsp3) is 0.556. The topological polar surface area (TPSA) is 65.2 Å². The summed E-state index contributed by atoms with van der Waals surface area (Å²) in [6.45, 7) is 8.29. The highest BCUT2D eigenvalue weighted by atomic mass is 32.2. The maximum Gasteiger partial charge on any atom is 0.211 e. The molecule has 0 aliphatic carbocycles. The lowest BCUT2D eigenvalue weighted by Gasteiger charge is -2.28. The first-order chi connectivity index (χ1) is 11.4. The number of piperidine rings is 1. The van der Waals surface area contributed by atoms with Crippen LogP contribution in [0.1, 0.15) is 37.7 Å². The maximum absolute atomic E-state index is 11.6. The number of rotatable bonds is 6. The molecule has 1 fully saturated rings. The van der Waals surface area contributed by atoms with E-state index in [0.717, 1.165) is 36.9 Å². The van der Waals surface area contributed by atoms with Crippen LogP contribution in [0.25, 0.3) is 12.2 Å². The number of aromatic amines is 1. The SMILES string of the molecule is C=C(/C=c1/c(C2CCN(C)CC2)c[nH]/c1=C/C)CCS(=O)(=O)NC. The fourth-order valence-electron chi connectivity index (χ4n) is 3.17. The average molecular weight is 352 g/mol. The minimum Gasteiger partial charge on any atom is -0.361 e. The van der Waals surface area contributed by atoms with Gasteiger partial charge in [0.1, 0.15) is 0 Å². The van der Waals surface area contributed by atoms with Gasteiger partial charge in [-0.1, -0.05) is 18.2 Å². The molecule has 0 atom stereocenters. The van der Waals surface area contributed by atoms with Crippen LogP contribution in [0.15, 0.2) is 18.3 Å². The molecule has 0 bridgehead atoms. The molecule has 0 spiro atoms. The Morgan fingerprint density at radius 2 is 2.12 bits per heavy atom. The van der Waals surface area contributed by atoms with E-state index in [-0.39, 0.29) is 5.75 Å². The van der Waals surface area contributed by atoms with E-state index in [1.165, 1.54) is 17.8 Å². The smallest absolute Gasteiger partial charge is 0.211 e. The lowest BCUT2D eigenvalue weighted by atomic mass is 9.90. The van der Waals surface area contributed by atoms with Crippen molar-refractivity contribution in [3.63, 3.8) is 0 Å². The molecule has 24 heavy (non-hydrogen) atoms. The molecule has 5 nitrogen and oxygen atoms in total. The second-order valence-electron chi connectivity index (χ2n) is 6.51. The predicted octanol–water partition coefficient (Wildman–Crippen LogP) is 0.900. The summed E-state index contributed by atoms with van der Waals surface area (Å²) in [5.74, 6) is 0.615. The molecule has 2 N–H and O–H groups in total. The summed E-state index contributed by atoms with van der Waals surface area (Å²) in [5, 5.41) is 2.25. The Kier molecular flexibility index (Phi) is 6.43. The number of likely N-dealkylation sites (tertiary alicyclic amines) is 1. The van der Waals surface area contributed by atoms with Crippen molar-refractivity contribution in [1.29, 1.82) is 0 Å². The van der Waals surface area contributed by atoms with E-state index >= 15 is 0 Å². The molecule has 2 heterocycles. The molecular weight excluding hydrogens is 322 g/mol. The zero-order valence-electron chi connectivity index (χ0n) is 14.9. The summed E-state index contributed by atoms with van der Waals surface area (Å²) >= 11 is 0. The van der Waals surface area contributed by atoms with Gasteiger partial charge in [0.05, 0.1) is 5.75 Å². The van der Waals surface area contributed by atoms with Gasteiger partial charge in [-0.05, 0) is 70.9 Å². The van der Waals surface area contributed by atoms with Gasteiger partial charge in [-0.15, -0.1) is 0 Å². The molecule has 1 saturated heterocycles. The fourth-order valence-corrected chi connectivity index (χ4v) is 3.90. The predicted molar refractivity (Wildman–Crippen MR) is 101 cm³/mol. The molecule has 2 rings (SSSR count). The molecule has 0 amide bonds. The van der Waals surface area contributed by atoms with Crippen molar-refractivity contribution in [2.75, 3.05) is 32.9 Å². The van der Waals surface area contributed by atoms with E-state index < -0.39 is 10.0 Å². The van der Waals surface area contributed by atoms with E-state index in [9.17, 15) is 8.42 Å². The van der Waals surface area contributed by atoms with Crippen LogP contribution in [0.4, 0.5) is 0 Å². The molecule has 134 valence electrons. The Balaban J connectivity index is 2.25. The van der Waals surface area contributed by atoms with Gasteiger partial charge in [0, 0.05) is 16.8 Å². The standard InChI is InChI=1S/C18H29N3O2S/c1-5-18-16(12-14(2)8-11-24(22,23)19-3)17(13-20-18)15-6-9-21(4)10-7-15/h5,12-13,15,19-20H,2,6-11H2,1,3-4H3/b16-12-,18-5+. The van der Waals surface area contributed by atoms with Crippen molar-refractivity contribution in [3.05, 3.63) is 34.5 Å². The lowest BCUT2D eigenvalue weighted by molar-refractivity contribution is 0.255. The quantitative estimate of drug-likeness (QED) is 0.800. The first-order valence-electron chi connectivity index (χ1n) is 8.49. The maximum atomic E-state index is 11.6. The van der Waals surface area contributed by atoms with Gasteiger partial charge in [0.25, 0.3) is 0 Å². The second kappa shape index (κ2) is 8.14. The molecule has 6 heteroatoms. The van der Waals surface area contributed by atoms with Gasteiger partial charge in [-0.3, -0.25) is 0 Å². The van der Waals surface area contributed by atoms with Gasteiger partial charge in [-0.25, -0.2) is 13.1 Å². The summed E-state index contributed by atoms with van der Waals surface area (Å²) < 4.78 is 25.5. The summed E-state index contributed by atoms with van der Waals surface area (Å²) in [7, 11) is 0.405. The lowest BCUT2D eigenvalue weighted by Crippen LogP contribution is -2.33. The molecule has 0 aromatic carbocycles. The summed E-state index contributed by atoms with van der Waals surface area (Å²) in [6, 6.07) is 0. The Morgan fingerprint density at radius 3 is 2.71 bits per heavy atom. The number of allylic oxidation sites excluding steroid dienone is 1. The molecule has 1 aliphatic heterocycles. The highest BCUT2D eigenvalue weighted by Gasteiger charge is 2.20. The van der Waals surface area contributed by atoms with Gasteiger partial charge < -0.3 is 9.88 Å². The largest absolute Gasteiger partial charge is 0.361 e. The van der Waals surface area contributed by atoms with Crippen LogP contribution < -0.4 is 15.3 Å². The Labute approximate surface area is 145 Å². The zero-order valence-corrected chi connectivity index (χ0v) is 15.7. The van der Waals surface area contributed by atoms with Crippen molar-refractivity contribution in [2.24, 2.45) is 0 Å². The average Bonchev–Trinajstić information content (AvgIpc) is 2.96. The normalized spacial score (nSPS) is 19.1. The number of hydrogen-bond acceptors (Lipinski definition) is 3. The third-order valence-corrected chi connectivity index (χ3v) is 6.15. The van der Waals surface area contributed by atoms with Crippen LogP contribution >= 0.6 is 0 Å². The van der Waals surface area contributed by atoms with Crippen LogP contribution in [0.3, 0.4) is 0 Å². The molecule has 1 aliphatic rings. The van der Waals surface area contributed by atoms with E-state index in [1.54, 1.807) is 0 Å². The molecule has 0 radical (unpaired) electrons. The van der Waals surface area contributed by atoms with Crippen molar-refractivity contribution in [1.82, 2.24) is 14.6 Å². The van der Waals surface area contributed by atoms with Crippen LogP contribution in [-0.4, -0.2) is 51.2 Å². The third kappa shape index (κ3) is 4.82. The van der Waals surface area contributed by atoms with Crippen LogP contribution in [-0.2, 0) is 10.0 Å². The van der Waals surface area contributed by atoms with Gasteiger partial charge >= 0.3 is 0 Å². The van der Waals surface area contributed by atoms with Crippen LogP contribution in [0.5, 0.6) is 0 Å². The van der Waals surface area contributed by atoms with E-state index in [1.807, 2.05) is 13.0 Å². The second-order valence-corrected chi connectivity index (χ2v) is 8.56. The Morgan fingerprint density at radius 1 is 1.46 bits per heavy atom. The van der Waals surface area contributed by atoms with Crippen molar-refractivity contribution < 1.29 is 8.42 Å². The first kappa shape index (κ1) is 19.0. The highest BCUT2D eigenvalue weighted by molar-refractivity contribution is 7.89. The van der Waals surface area contributed by atoms with Gasteiger partial charge in [0.15, 0.2) is 0 Å². The van der Waals surface area contributed by atoms with E-state index in [0.29, 0.717) is 12.3 Å². The summed E-state index contributed by atoms with van der Waals surface area (Å²) in [5.41, 5.74) is 2.17. The zero-order chi connectivity index (χ0) is 17.7. The molecular formula is C18H29N3O2S. The van der Waals surface area contributed by atoms with Crippen molar-refractivity contribution in [2.45, 2.75) is 32.1 Å². The number of aromatic nitrogens is 1. The number of sulfonamides is 1. The first-order valence-corrected chi connectivity index (χ1v) is 10.1. The van der Waals surface area contributed by atoms with Crippen molar-refractivity contribution >= 4 is 22.2 Å². The minimum absolute atomic E-state index is 0.0674. The number of nitrogens with zero attached hydrogens (tertiary/aromatic N) is 1. The van der Waals surface area contributed by atoms with Crippen LogP contribution in [0.2, 0.25) is 0 Å². The van der Waals surface area contributed by atoms with Gasteiger partial charge in [0.2, 0.25) is 10.0 Å². The molecule has 1 aromatic rings. The highest BCUT2D eigenvalue weighted by Crippen LogP contribution is 2.24. The Bertz CT molecular complexity index is 785. The number of hydrogen-bond donors (Lipinski definition) is 2. The summed E-state index contributed by atoms with van der Waals surface area (Å²) in [4.78, 5) is 5.71. The number of nitrogens with one attached hydrogen (secondary N) is 2. The van der Waals surface area contributed by atoms with Crippen molar-refractivity contribution in [3.8, 4) is 0 Å². The van der Waals surface area contributed by atoms with Gasteiger partial charge in [-0.2, -0.15) is 0 Å². The monoisotopic (exact) mass is 351 g/mol. The number of H-pyrrole nitrogens is 1. The molecule has 0 saturated carbocycles. The third-order valence-electron chi connectivity index (χ3n) is 4.78. The van der Waals surface area contributed by atoms with E-state index in [4.69, 9.17) is 0 Å². The molecule has 1 aromatic heterocycles. The summed E-state index contributed by atoms with van der Waals surface area (Å²) in [6.07, 6.45) is 8.95. The Hall–Kier alpha value is -1.37. The minimum atomic E-state index is -3.20. The van der Waals surface area contributed by atoms with Crippen LogP contribution in [0, 0.1) is 0 Å². The van der Waals surface area contributed by atoms with E-state index in [2.05, 4.69) is 40.5 Å².